The van der Waals surface area contributed by atoms with Crippen LogP contribution >= 0.6 is 0 Å². The van der Waals surface area contributed by atoms with E-state index in [9.17, 15) is 9.59 Å². The minimum Gasteiger partial charge on any atom is -0.481 e. The van der Waals surface area contributed by atoms with E-state index in [1.165, 1.54) is 0 Å². The Kier molecular flexibility index (Phi) is 4.77. The van der Waals surface area contributed by atoms with Crippen LogP contribution in [0.2, 0.25) is 0 Å². The molecule has 0 saturated heterocycles. The summed E-state index contributed by atoms with van der Waals surface area (Å²) >= 11 is 0. The van der Waals surface area contributed by atoms with Crippen LogP contribution in [0, 0.1) is 0 Å². The number of nitrogens with two attached hydrogens (primary N) is 1. The van der Waals surface area contributed by atoms with Gasteiger partial charge in [0.15, 0.2) is 0 Å². The number of fused-ring (bicyclic) bond motifs is 1. The second-order valence-electron chi connectivity index (χ2n) is 5.41. The number of nitrogens with one attached hydrogen (secondary N) is 1. The van der Waals surface area contributed by atoms with Gasteiger partial charge in [0, 0.05) is 11.7 Å². The van der Waals surface area contributed by atoms with E-state index in [1.54, 1.807) is 6.07 Å². The van der Waals surface area contributed by atoms with Crippen LogP contribution in [0.4, 0.5) is 5.82 Å². The summed E-state index contributed by atoms with van der Waals surface area (Å²) in [6.07, 6.45) is 4.59. The quantitative estimate of drug-likeness (QED) is 0.740. The van der Waals surface area contributed by atoms with E-state index in [-0.39, 0.29) is 12.5 Å². The number of aryl methyl sites for hydroxylation is 2. The van der Waals surface area contributed by atoms with Crippen molar-refractivity contribution < 1.29 is 14.7 Å². The molecule has 6 nitrogen and oxygen atoms in total. The Bertz CT molecular complexity index is 557. The third kappa shape index (κ3) is 3.71. The molecule has 0 saturated carbocycles. The SMILES string of the molecule is CCC(CC(=O)O)Nc1nc2c(cc1C(N)=O)CCCC2. The smallest absolute Gasteiger partial charge is 0.305 e. The Morgan fingerprint density at radius 2 is 2.14 bits per heavy atom. The van der Waals surface area contributed by atoms with Gasteiger partial charge >= 0.3 is 5.97 Å². The van der Waals surface area contributed by atoms with Gasteiger partial charge in [0.05, 0.1) is 12.0 Å². The number of carboxylic acids is 1. The number of carbonyl (C=O) groups is 2. The summed E-state index contributed by atoms with van der Waals surface area (Å²) in [6.45, 7) is 1.89. The zero-order chi connectivity index (χ0) is 15.4. The molecule has 0 fully saturated rings. The van der Waals surface area contributed by atoms with E-state index in [0.717, 1.165) is 36.9 Å². The lowest BCUT2D eigenvalue weighted by atomic mass is 9.94. The van der Waals surface area contributed by atoms with Crippen LogP contribution in [-0.4, -0.2) is 28.0 Å². The normalized spacial score (nSPS) is 15.1. The number of primary amides is 1. The number of aliphatic carboxylic acids is 1. The van der Waals surface area contributed by atoms with Crippen LogP contribution < -0.4 is 11.1 Å². The number of rotatable bonds is 6. The molecule has 4 N–H and O–H groups in total. The molecule has 1 aliphatic rings. The zero-order valence-corrected chi connectivity index (χ0v) is 12.2. The summed E-state index contributed by atoms with van der Waals surface area (Å²) in [6, 6.07) is 1.54. The third-order valence-electron chi connectivity index (χ3n) is 3.82. The summed E-state index contributed by atoms with van der Waals surface area (Å²) in [4.78, 5) is 27.0. The number of hydrogen-bond donors (Lipinski definition) is 3. The Hall–Kier alpha value is -2.11. The maximum absolute atomic E-state index is 11.6. The topological polar surface area (TPSA) is 105 Å². The average molecular weight is 291 g/mol. The standard InChI is InChI=1S/C15H21N3O3/c1-2-10(8-13(19)20)17-15-11(14(16)21)7-9-5-3-4-6-12(9)18-15/h7,10H,2-6,8H2,1H3,(H2,16,21)(H,17,18)(H,19,20). The van der Waals surface area contributed by atoms with Crippen LogP contribution in [0.3, 0.4) is 0 Å². The van der Waals surface area contributed by atoms with Gasteiger partial charge in [-0.05, 0) is 43.7 Å². The van der Waals surface area contributed by atoms with Crippen molar-refractivity contribution in [1.82, 2.24) is 4.98 Å². The van der Waals surface area contributed by atoms with Gasteiger partial charge in [0.2, 0.25) is 0 Å². The Morgan fingerprint density at radius 3 is 2.76 bits per heavy atom. The van der Waals surface area contributed by atoms with Crippen molar-refractivity contribution in [2.45, 2.75) is 51.5 Å². The molecular formula is C15H21N3O3. The predicted molar refractivity (Wildman–Crippen MR) is 79.4 cm³/mol. The van der Waals surface area contributed by atoms with Crippen LogP contribution in [0.25, 0.3) is 0 Å². The number of pyridine rings is 1. The lowest BCUT2D eigenvalue weighted by molar-refractivity contribution is -0.137. The highest BCUT2D eigenvalue weighted by molar-refractivity contribution is 5.98. The van der Waals surface area contributed by atoms with Gasteiger partial charge < -0.3 is 16.2 Å². The molecule has 1 amide bonds. The molecule has 0 radical (unpaired) electrons. The molecule has 1 aliphatic carbocycles. The van der Waals surface area contributed by atoms with E-state index >= 15 is 0 Å². The fourth-order valence-corrected chi connectivity index (χ4v) is 2.63. The lowest BCUT2D eigenvalue weighted by Gasteiger charge is -2.21. The fraction of sp³-hybridized carbons (Fsp3) is 0.533. The van der Waals surface area contributed by atoms with Crippen LogP contribution in [-0.2, 0) is 17.6 Å². The third-order valence-corrected chi connectivity index (χ3v) is 3.82. The van der Waals surface area contributed by atoms with Crippen molar-refractivity contribution in [2.75, 3.05) is 5.32 Å². The molecule has 0 bridgehead atoms. The molecule has 1 unspecified atom stereocenters. The van der Waals surface area contributed by atoms with Crippen LogP contribution in [0.1, 0.15) is 54.2 Å². The van der Waals surface area contributed by atoms with Crippen molar-refractivity contribution in [1.29, 1.82) is 0 Å². The van der Waals surface area contributed by atoms with Crippen molar-refractivity contribution >= 4 is 17.7 Å². The van der Waals surface area contributed by atoms with Gasteiger partial charge in [0.25, 0.3) is 5.91 Å². The molecule has 6 heteroatoms. The van der Waals surface area contributed by atoms with Crippen molar-refractivity contribution in [3.8, 4) is 0 Å². The first kappa shape index (κ1) is 15.3. The van der Waals surface area contributed by atoms with Gasteiger partial charge in [0.1, 0.15) is 5.82 Å². The fourth-order valence-electron chi connectivity index (χ4n) is 2.63. The number of nitrogens with zero attached hydrogens (tertiary/aromatic N) is 1. The minimum atomic E-state index is -0.882. The van der Waals surface area contributed by atoms with E-state index in [4.69, 9.17) is 10.8 Å². The van der Waals surface area contributed by atoms with Crippen LogP contribution in [0.5, 0.6) is 0 Å². The maximum atomic E-state index is 11.6. The summed E-state index contributed by atoms with van der Waals surface area (Å²) in [5.74, 6) is -1.01. The summed E-state index contributed by atoms with van der Waals surface area (Å²) in [7, 11) is 0. The molecule has 0 spiro atoms. The highest BCUT2D eigenvalue weighted by Gasteiger charge is 2.20. The van der Waals surface area contributed by atoms with Gasteiger partial charge in [-0.2, -0.15) is 0 Å². The molecule has 1 aromatic heterocycles. The van der Waals surface area contributed by atoms with E-state index < -0.39 is 11.9 Å². The Labute approximate surface area is 123 Å². The summed E-state index contributed by atoms with van der Waals surface area (Å²) < 4.78 is 0. The molecule has 114 valence electrons. The largest absolute Gasteiger partial charge is 0.481 e. The first-order valence-electron chi connectivity index (χ1n) is 7.32. The molecule has 0 aromatic carbocycles. The second kappa shape index (κ2) is 6.56. The first-order valence-corrected chi connectivity index (χ1v) is 7.32. The molecule has 1 aromatic rings. The zero-order valence-electron chi connectivity index (χ0n) is 12.2. The Morgan fingerprint density at radius 1 is 1.43 bits per heavy atom. The molecule has 21 heavy (non-hydrogen) atoms. The second-order valence-corrected chi connectivity index (χ2v) is 5.41. The van der Waals surface area contributed by atoms with Gasteiger partial charge in [-0.3, -0.25) is 9.59 Å². The number of carboxylic acid groups (broad SMARTS) is 1. The Balaban J connectivity index is 2.32. The van der Waals surface area contributed by atoms with Gasteiger partial charge in [-0.15, -0.1) is 0 Å². The monoisotopic (exact) mass is 291 g/mol. The predicted octanol–water partition coefficient (Wildman–Crippen LogP) is 1.72. The number of carbonyl (C=O) groups excluding carboxylic acids is 1. The molecule has 2 rings (SSSR count). The van der Waals surface area contributed by atoms with E-state index in [2.05, 4.69) is 10.3 Å². The van der Waals surface area contributed by atoms with Gasteiger partial charge in [-0.25, -0.2) is 4.98 Å². The number of hydrogen-bond acceptors (Lipinski definition) is 4. The average Bonchev–Trinajstić information content (AvgIpc) is 2.45. The lowest BCUT2D eigenvalue weighted by Crippen LogP contribution is -2.26. The summed E-state index contributed by atoms with van der Waals surface area (Å²) in [5, 5.41) is 12.0. The molecule has 1 atom stereocenters. The highest BCUT2D eigenvalue weighted by Crippen LogP contribution is 2.25. The first-order chi connectivity index (χ1) is 10.0. The van der Waals surface area contributed by atoms with Crippen molar-refractivity contribution in [3.05, 3.63) is 22.9 Å². The van der Waals surface area contributed by atoms with Gasteiger partial charge in [-0.1, -0.05) is 6.92 Å². The highest BCUT2D eigenvalue weighted by atomic mass is 16.4. The summed E-state index contributed by atoms with van der Waals surface area (Å²) in [5.41, 5.74) is 7.84. The maximum Gasteiger partial charge on any atom is 0.305 e. The van der Waals surface area contributed by atoms with Crippen molar-refractivity contribution in [2.24, 2.45) is 5.73 Å². The molecule has 0 aliphatic heterocycles. The molecule has 1 heterocycles. The number of aromatic nitrogens is 1. The van der Waals surface area contributed by atoms with Crippen molar-refractivity contribution in [3.63, 3.8) is 0 Å². The van der Waals surface area contributed by atoms with E-state index in [0.29, 0.717) is 17.8 Å². The molecular weight excluding hydrogens is 270 g/mol. The number of anilines is 1. The van der Waals surface area contributed by atoms with E-state index in [1.807, 2.05) is 6.92 Å². The minimum absolute atomic E-state index is 0.0204. The van der Waals surface area contributed by atoms with Crippen LogP contribution in [0.15, 0.2) is 6.07 Å². The number of amides is 1.